The minimum absolute atomic E-state index is 0.0166. The van der Waals surface area contributed by atoms with Crippen molar-refractivity contribution >= 4 is 52.8 Å². The van der Waals surface area contributed by atoms with Crippen LogP contribution in [0.2, 0.25) is 10.0 Å². The number of nitrogens with one attached hydrogen (secondary N) is 1. The molecule has 12 heteroatoms. The molecule has 0 saturated heterocycles. The molecule has 0 unspecified atom stereocenters. The fourth-order valence-corrected chi connectivity index (χ4v) is 4.22. The Kier molecular flexibility index (Phi) is 7.99. The van der Waals surface area contributed by atoms with Gasteiger partial charge < -0.3 is 0 Å². The lowest BCUT2D eigenvalue weighted by Crippen LogP contribution is -2.20. The Hall–Kier alpha value is -3.73. The molecule has 0 saturated carbocycles. The minimum Gasteiger partial charge on any atom is -0.272 e. The van der Waals surface area contributed by atoms with Crippen molar-refractivity contribution in [1.82, 2.24) is 20.2 Å². The van der Waals surface area contributed by atoms with Crippen LogP contribution < -0.4 is 5.43 Å². The van der Waals surface area contributed by atoms with E-state index >= 15 is 0 Å². The van der Waals surface area contributed by atoms with Crippen LogP contribution in [0.15, 0.2) is 77.0 Å². The molecular formula is C24H18Cl2N6O3S. The van der Waals surface area contributed by atoms with Crippen molar-refractivity contribution in [3.63, 3.8) is 0 Å². The number of halogens is 2. The zero-order chi connectivity index (χ0) is 25.7. The number of nitrogens with zero attached hydrogens (tertiary/aromatic N) is 5. The summed E-state index contributed by atoms with van der Waals surface area (Å²) in [6.07, 6.45) is 1.30. The Morgan fingerprint density at radius 2 is 1.83 bits per heavy atom. The van der Waals surface area contributed by atoms with Gasteiger partial charge in [-0.2, -0.15) is 5.10 Å². The largest absolute Gasteiger partial charge is 0.288 e. The molecule has 0 radical (unpaired) electrons. The van der Waals surface area contributed by atoms with Crippen molar-refractivity contribution in [2.24, 2.45) is 5.10 Å². The lowest BCUT2D eigenvalue weighted by atomic mass is 10.2. The summed E-state index contributed by atoms with van der Waals surface area (Å²) in [6, 6.07) is 19.4. The standard InChI is InChI=1S/C24H18Cl2N6O3S/c1-15-2-9-19(10-3-15)31-23(17-5-7-18(25)8-6-17)29-30-24(31)36-14-22(33)28-27-13-16-4-11-20(26)21(12-16)32(34)35/h2-13H,14H2,1H3,(H,28,33). The van der Waals surface area contributed by atoms with Gasteiger partial charge in [0.15, 0.2) is 11.0 Å². The van der Waals surface area contributed by atoms with Crippen molar-refractivity contribution in [2.75, 3.05) is 5.75 Å². The molecule has 0 aliphatic heterocycles. The average molecular weight is 541 g/mol. The molecule has 1 heterocycles. The molecule has 9 nitrogen and oxygen atoms in total. The summed E-state index contributed by atoms with van der Waals surface area (Å²) in [6.45, 7) is 2.00. The zero-order valence-corrected chi connectivity index (χ0v) is 21.1. The van der Waals surface area contributed by atoms with Crippen molar-refractivity contribution in [2.45, 2.75) is 12.1 Å². The van der Waals surface area contributed by atoms with Gasteiger partial charge in [0.2, 0.25) is 0 Å². The number of nitro benzene ring substituents is 1. The van der Waals surface area contributed by atoms with E-state index in [1.807, 2.05) is 47.9 Å². The number of benzene rings is 3. The second kappa shape index (κ2) is 11.3. The number of hydrazone groups is 1. The van der Waals surface area contributed by atoms with Gasteiger partial charge in [-0.15, -0.1) is 10.2 Å². The lowest BCUT2D eigenvalue weighted by molar-refractivity contribution is -0.384. The molecule has 4 rings (SSSR count). The summed E-state index contributed by atoms with van der Waals surface area (Å²) in [7, 11) is 0. The lowest BCUT2D eigenvalue weighted by Gasteiger charge is -2.10. The molecule has 3 aromatic carbocycles. The van der Waals surface area contributed by atoms with Crippen LogP contribution in [0.25, 0.3) is 17.1 Å². The normalized spacial score (nSPS) is 11.1. The molecule has 182 valence electrons. The van der Waals surface area contributed by atoms with Crippen molar-refractivity contribution < 1.29 is 9.72 Å². The van der Waals surface area contributed by atoms with Gasteiger partial charge in [-0.1, -0.05) is 58.7 Å². The second-order valence-corrected chi connectivity index (χ2v) is 9.32. The summed E-state index contributed by atoms with van der Waals surface area (Å²) >= 11 is 13.0. The third-order valence-electron chi connectivity index (χ3n) is 4.93. The third-order valence-corrected chi connectivity index (χ3v) is 6.43. The molecule has 0 bridgehead atoms. The highest BCUT2D eigenvalue weighted by Crippen LogP contribution is 2.29. The first-order valence-electron chi connectivity index (χ1n) is 10.5. The van der Waals surface area contributed by atoms with Gasteiger partial charge >= 0.3 is 0 Å². The van der Waals surface area contributed by atoms with Crippen molar-refractivity contribution in [3.05, 3.63) is 98.0 Å². The highest BCUT2D eigenvalue weighted by atomic mass is 35.5. The first kappa shape index (κ1) is 25.4. The third kappa shape index (κ3) is 6.09. The van der Waals surface area contributed by atoms with Crippen LogP contribution in [0.4, 0.5) is 5.69 Å². The van der Waals surface area contributed by atoms with E-state index in [2.05, 4.69) is 20.7 Å². The van der Waals surface area contributed by atoms with Crippen LogP contribution in [-0.4, -0.2) is 37.6 Å². The quantitative estimate of drug-likeness (QED) is 0.132. The van der Waals surface area contributed by atoms with Crippen LogP contribution in [0.3, 0.4) is 0 Å². The molecule has 1 aromatic heterocycles. The van der Waals surface area contributed by atoms with Gasteiger partial charge in [0.05, 0.1) is 16.9 Å². The predicted molar refractivity (Wildman–Crippen MR) is 141 cm³/mol. The molecular weight excluding hydrogens is 523 g/mol. The maximum absolute atomic E-state index is 12.4. The monoisotopic (exact) mass is 540 g/mol. The number of aromatic nitrogens is 3. The average Bonchev–Trinajstić information content (AvgIpc) is 3.28. The van der Waals surface area contributed by atoms with E-state index in [1.54, 1.807) is 18.2 Å². The van der Waals surface area contributed by atoms with E-state index < -0.39 is 4.92 Å². The summed E-state index contributed by atoms with van der Waals surface area (Å²) < 4.78 is 1.87. The number of nitro groups is 1. The maximum atomic E-state index is 12.4. The van der Waals surface area contributed by atoms with Gasteiger partial charge in [-0.05, 0) is 49.4 Å². The van der Waals surface area contributed by atoms with Gasteiger partial charge in [0, 0.05) is 27.9 Å². The molecule has 0 spiro atoms. The van der Waals surface area contributed by atoms with E-state index in [0.717, 1.165) is 16.8 Å². The summed E-state index contributed by atoms with van der Waals surface area (Å²) in [5.74, 6) is 0.245. The number of rotatable bonds is 8. The SMILES string of the molecule is Cc1ccc(-n2c(SCC(=O)NN=Cc3ccc(Cl)c([N+](=O)[O-])c3)nnc2-c2ccc(Cl)cc2)cc1. The van der Waals surface area contributed by atoms with E-state index in [1.165, 1.54) is 30.1 Å². The Labute approximate surface area is 220 Å². The second-order valence-electron chi connectivity index (χ2n) is 7.53. The molecule has 1 N–H and O–H groups in total. The zero-order valence-electron chi connectivity index (χ0n) is 18.8. The number of amides is 1. The first-order chi connectivity index (χ1) is 17.3. The van der Waals surface area contributed by atoms with Crippen LogP contribution in [0, 0.1) is 17.0 Å². The molecule has 0 aliphatic rings. The number of carbonyl (C=O) groups excluding carboxylic acids is 1. The molecule has 36 heavy (non-hydrogen) atoms. The Morgan fingerprint density at radius 1 is 1.11 bits per heavy atom. The van der Waals surface area contributed by atoms with Gasteiger partial charge in [0.1, 0.15) is 5.02 Å². The molecule has 0 aliphatic carbocycles. The number of hydrogen-bond acceptors (Lipinski definition) is 7. The van der Waals surface area contributed by atoms with Crippen molar-refractivity contribution in [3.8, 4) is 17.1 Å². The number of carbonyl (C=O) groups is 1. The fraction of sp³-hybridized carbons (Fsp3) is 0.0833. The predicted octanol–water partition coefficient (Wildman–Crippen LogP) is 5.70. The molecule has 0 fully saturated rings. The van der Waals surface area contributed by atoms with Crippen LogP contribution in [0.1, 0.15) is 11.1 Å². The smallest absolute Gasteiger partial charge is 0.272 e. The molecule has 0 atom stereocenters. The molecule has 4 aromatic rings. The van der Waals surface area contributed by atoms with Crippen LogP contribution in [0.5, 0.6) is 0 Å². The van der Waals surface area contributed by atoms with E-state index in [4.69, 9.17) is 23.2 Å². The van der Waals surface area contributed by atoms with Crippen LogP contribution in [-0.2, 0) is 4.79 Å². The Morgan fingerprint density at radius 3 is 2.53 bits per heavy atom. The number of hydrogen-bond donors (Lipinski definition) is 1. The number of aryl methyl sites for hydroxylation is 1. The van der Waals surface area contributed by atoms with Gasteiger partial charge in [-0.25, -0.2) is 5.43 Å². The first-order valence-corrected chi connectivity index (χ1v) is 12.2. The van der Waals surface area contributed by atoms with Gasteiger partial charge in [-0.3, -0.25) is 19.5 Å². The summed E-state index contributed by atoms with van der Waals surface area (Å²) in [5.41, 5.74) is 5.37. The summed E-state index contributed by atoms with van der Waals surface area (Å²) in [5, 5.41) is 24.7. The topological polar surface area (TPSA) is 115 Å². The van der Waals surface area contributed by atoms with E-state index in [-0.39, 0.29) is 22.4 Å². The minimum atomic E-state index is -0.586. The van der Waals surface area contributed by atoms with Crippen molar-refractivity contribution in [1.29, 1.82) is 0 Å². The van der Waals surface area contributed by atoms with E-state index in [9.17, 15) is 14.9 Å². The Balaban J connectivity index is 1.49. The highest BCUT2D eigenvalue weighted by molar-refractivity contribution is 7.99. The van der Waals surface area contributed by atoms with E-state index in [0.29, 0.717) is 21.6 Å². The maximum Gasteiger partial charge on any atom is 0.288 e. The molecule has 1 amide bonds. The Bertz CT molecular complexity index is 1440. The summed E-state index contributed by atoms with van der Waals surface area (Å²) in [4.78, 5) is 22.8. The van der Waals surface area contributed by atoms with Gasteiger partial charge in [0.25, 0.3) is 11.6 Å². The number of thioether (sulfide) groups is 1. The fourth-order valence-electron chi connectivity index (χ4n) is 3.17. The van der Waals surface area contributed by atoms with Crippen LogP contribution >= 0.6 is 35.0 Å². The highest BCUT2D eigenvalue weighted by Gasteiger charge is 2.17.